The quantitative estimate of drug-likeness (QED) is 0.920. The first kappa shape index (κ1) is 16.4. The zero-order valence-electron chi connectivity index (χ0n) is 13.0. The van der Waals surface area contributed by atoms with Gasteiger partial charge in [-0.15, -0.1) is 0 Å². The highest BCUT2D eigenvalue weighted by molar-refractivity contribution is 7.89. The lowest BCUT2D eigenvalue weighted by atomic mass is 10.1. The van der Waals surface area contributed by atoms with Crippen LogP contribution in [0.3, 0.4) is 0 Å². The number of nitrogens with zero attached hydrogens (tertiary/aromatic N) is 1. The molecule has 1 aliphatic rings. The van der Waals surface area contributed by atoms with Crippen molar-refractivity contribution in [3.8, 4) is 0 Å². The number of morpholine rings is 1. The van der Waals surface area contributed by atoms with Crippen LogP contribution < -0.4 is 5.32 Å². The van der Waals surface area contributed by atoms with Crippen molar-refractivity contribution in [2.45, 2.75) is 43.9 Å². The van der Waals surface area contributed by atoms with E-state index < -0.39 is 10.0 Å². The van der Waals surface area contributed by atoms with Crippen molar-refractivity contribution in [2.24, 2.45) is 0 Å². The minimum absolute atomic E-state index is 0.0806. The summed E-state index contributed by atoms with van der Waals surface area (Å²) >= 11 is 0. The van der Waals surface area contributed by atoms with Crippen molar-refractivity contribution in [1.82, 2.24) is 9.62 Å². The van der Waals surface area contributed by atoms with Gasteiger partial charge in [0.15, 0.2) is 0 Å². The molecule has 2 rings (SSSR count). The Morgan fingerprint density at radius 2 is 1.90 bits per heavy atom. The van der Waals surface area contributed by atoms with Gasteiger partial charge in [-0.25, -0.2) is 8.42 Å². The van der Waals surface area contributed by atoms with Crippen LogP contribution >= 0.6 is 0 Å². The molecule has 1 aromatic carbocycles. The first-order chi connectivity index (χ1) is 9.84. The molecule has 21 heavy (non-hydrogen) atoms. The molecule has 1 unspecified atom stereocenters. The number of hydrogen-bond acceptors (Lipinski definition) is 4. The van der Waals surface area contributed by atoms with Gasteiger partial charge in [0.05, 0.1) is 17.1 Å². The molecular formula is C15H24N2O3S. The molecule has 1 aromatic rings. The van der Waals surface area contributed by atoms with Crippen LogP contribution in [0.1, 0.15) is 32.4 Å². The Bertz CT molecular complexity index is 578. The van der Waals surface area contributed by atoms with Crippen LogP contribution in [0.2, 0.25) is 0 Å². The maximum Gasteiger partial charge on any atom is 0.243 e. The lowest BCUT2D eigenvalue weighted by Gasteiger charge is -2.34. The minimum atomic E-state index is -3.47. The van der Waals surface area contributed by atoms with Crippen molar-refractivity contribution in [2.75, 3.05) is 20.1 Å². The van der Waals surface area contributed by atoms with E-state index in [2.05, 4.69) is 5.32 Å². The zero-order chi connectivity index (χ0) is 15.6. The van der Waals surface area contributed by atoms with Crippen LogP contribution in [0, 0.1) is 0 Å². The van der Waals surface area contributed by atoms with E-state index in [4.69, 9.17) is 4.74 Å². The summed E-state index contributed by atoms with van der Waals surface area (Å²) in [6.07, 6.45) is -0.161. The molecule has 0 spiro atoms. The van der Waals surface area contributed by atoms with Crippen molar-refractivity contribution < 1.29 is 13.2 Å². The minimum Gasteiger partial charge on any atom is -0.373 e. The maximum absolute atomic E-state index is 12.8. The number of nitrogens with one attached hydrogen (secondary N) is 1. The Hall–Kier alpha value is -0.950. The number of hydrogen-bond donors (Lipinski definition) is 1. The van der Waals surface area contributed by atoms with E-state index in [1.54, 1.807) is 18.2 Å². The average molecular weight is 312 g/mol. The second-order valence-electron chi connectivity index (χ2n) is 5.66. The first-order valence-corrected chi connectivity index (χ1v) is 8.71. The summed E-state index contributed by atoms with van der Waals surface area (Å²) in [5.41, 5.74) is 0.966. The lowest BCUT2D eigenvalue weighted by molar-refractivity contribution is -0.0440. The van der Waals surface area contributed by atoms with E-state index in [0.29, 0.717) is 18.0 Å². The van der Waals surface area contributed by atoms with Crippen molar-refractivity contribution in [1.29, 1.82) is 0 Å². The lowest BCUT2D eigenvalue weighted by Crippen LogP contribution is -2.48. The molecule has 0 saturated carbocycles. The summed E-state index contributed by atoms with van der Waals surface area (Å²) in [5.74, 6) is 0. The second-order valence-corrected chi connectivity index (χ2v) is 7.60. The largest absolute Gasteiger partial charge is 0.373 e. The molecule has 5 nitrogen and oxygen atoms in total. The molecular weight excluding hydrogens is 288 g/mol. The Morgan fingerprint density at radius 1 is 1.29 bits per heavy atom. The zero-order valence-corrected chi connectivity index (χ0v) is 13.9. The standard InChI is InChI=1S/C15H24N2O3S/c1-11-9-17(10-12(2)20-11)21(18,19)15-7-5-6-14(8-15)13(3)16-4/h5-8,11-13,16H,9-10H2,1-4H3/t11-,12+,13?. The predicted molar refractivity (Wildman–Crippen MR) is 82.7 cm³/mol. The molecule has 1 N–H and O–H groups in total. The molecule has 3 atom stereocenters. The summed E-state index contributed by atoms with van der Waals surface area (Å²) in [4.78, 5) is 0.350. The van der Waals surface area contributed by atoms with Crippen LogP contribution in [-0.2, 0) is 14.8 Å². The van der Waals surface area contributed by atoms with Crippen molar-refractivity contribution >= 4 is 10.0 Å². The topological polar surface area (TPSA) is 58.6 Å². The van der Waals surface area contributed by atoms with Gasteiger partial charge in [-0.2, -0.15) is 4.31 Å². The van der Waals surface area contributed by atoms with Crippen LogP contribution in [0.5, 0.6) is 0 Å². The van der Waals surface area contributed by atoms with Gasteiger partial charge in [-0.1, -0.05) is 12.1 Å². The molecule has 0 bridgehead atoms. The predicted octanol–water partition coefficient (Wildman–Crippen LogP) is 1.76. The second kappa shape index (κ2) is 6.44. The van der Waals surface area contributed by atoms with Gasteiger partial charge in [-0.3, -0.25) is 0 Å². The number of rotatable bonds is 4. The first-order valence-electron chi connectivity index (χ1n) is 7.27. The Balaban J connectivity index is 2.31. The van der Waals surface area contributed by atoms with E-state index in [0.717, 1.165) is 5.56 Å². The average Bonchev–Trinajstić information content (AvgIpc) is 2.45. The van der Waals surface area contributed by atoms with Gasteiger partial charge >= 0.3 is 0 Å². The Morgan fingerprint density at radius 3 is 2.48 bits per heavy atom. The Labute approximate surface area is 127 Å². The fourth-order valence-electron chi connectivity index (χ4n) is 2.59. The summed E-state index contributed by atoms with van der Waals surface area (Å²) in [6.45, 7) is 6.61. The third kappa shape index (κ3) is 3.63. The van der Waals surface area contributed by atoms with E-state index in [1.165, 1.54) is 4.31 Å². The maximum atomic E-state index is 12.8. The molecule has 0 aromatic heterocycles. The number of ether oxygens (including phenoxy) is 1. The monoisotopic (exact) mass is 312 g/mol. The fourth-order valence-corrected chi connectivity index (χ4v) is 4.23. The summed E-state index contributed by atoms with van der Waals surface area (Å²) in [7, 11) is -1.61. The molecule has 118 valence electrons. The van der Waals surface area contributed by atoms with E-state index in [-0.39, 0.29) is 18.2 Å². The van der Waals surface area contributed by atoms with E-state index >= 15 is 0 Å². The third-order valence-electron chi connectivity index (χ3n) is 3.81. The van der Waals surface area contributed by atoms with Crippen LogP contribution in [0.15, 0.2) is 29.2 Å². The smallest absolute Gasteiger partial charge is 0.243 e. The van der Waals surface area contributed by atoms with Gasteiger partial charge in [0.2, 0.25) is 10.0 Å². The SMILES string of the molecule is CNC(C)c1cccc(S(=O)(=O)N2C[C@@H](C)O[C@@H](C)C2)c1. The highest BCUT2D eigenvalue weighted by atomic mass is 32.2. The molecule has 0 radical (unpaired) electrons. The fraction of sp³-hybridized carbons (Fsp3) is 0.600. The van der Waals surface area contributed by atoms with Crippen molar-refractivity contribution in [3.05, 3.63) is 29.8 Å². The molecule has 0 amide bonds. The van der Waals surface area contributed by atoms with Gasteiger partial charge in [-0.05, 0) is 45.5 Å². The highest BCUT2D eigenvalue weighted by Gasteiger charge is 2.32. The highest BCUT2D eigenvalue weighted by Crippen LogP contribution is 2.23. The number of benzene rings is 1. The molecule has 1 heterocycles. The Kier molecular flexibility index (Phi) is 5.03. The van der Waals surface area contributed by atoms with E-state index in [9.17, 15) is 8.42 Å². The van der Waals surface area contributed by atoms with Gasteiger partial charge in [0, 0.05) is 19.1 Å². The molecule has 0 aliphatic carbocycles. The third-order valence-corrected chi connectivity index (χ3v) is 5.64. The van der Waals surface area contributed by atoms with Crippen LogP contribution in [-0.4, -0.2) is 45.1 Å². The molecule has 6 heteroatoms. The van der Waals surface area contributed by atoms with Gasteiger partial charge in [0.1, 0.15) is 0 Å². The normalized spacial score (nSPS) is 25.7. The molecule has 1 fully saturated rings. The van der Waals surface area contributed by atoms with E-state index in [1.807, 2.05) is 33.9 Å². The summed E-state index contributed by atoms with van der Waals surface area (Å²) in [5, 5.41) is 3.13. The van der Waals surface area contributed by atoms with Gasteiger partial charge < -0.3 is 10.1 Å². The van der Waals surface area contributed by atoms with Crippen molar-refractivity contribution in [3.63, 3.8) is 0 Å². The van der Waals surface area contributed by atoms with Crippen LogP contribution in [0.25, 0.3) is 0 Å². The van der Waals surface area contributed by atoms with Crippen LogP contribution in [0.4, 0.5) is 0 Å². The van der Waals surface area contributed by atoms with Gasteiger partial charge in [0.25, 0.3) is 0 Å². The molecule has 1 aliphatic heterocycles. The molecule has 1 saturated heterocycles. The number of sulfonamides is 1. The summed E-state index contributed by atoms with van der Waals surface area (Å²) < 4.78 is 32.7. The summed E-state index contributed by atoms with van der Waals surface area (Å²) in [6, 6.07) is 7.25.